The summed E-state index contributed by atoms with van der Waals surface area (Å²) in [5, 5.41) is 3.12. The highest BCUT2D eigenvalue weighted by Crippen LogP contribution is 2.34. The Morgan fingerprint density at radius 2 is 1.76 bits per heavy atom. The van der Waals surface area contributed by atoms with Crippen molar-refractivity contribution in [3.05, 3.63) is 74.6 Å². The number of aryl methyl sites for hydroxylation is 3. The van der Waals surface area contributed by atoms with Gasteiger partial charge in [-0.25, -0.2) is 9.97 Å². The van der Waals surface area contributed by atoms with Gasteiger partial charge in [0.05, 0.1) is 23.5 Å². The molecular weight excluding hydrogens is 521 g/mol. The Morgan fingerprint density at radius 3 is 2.58 bits per heavy atom. The van der Waals surface area contributed by atoms with E-state index >= 15 is 0 Å². The Morgan fingerprint density at radius 1 is 0.970 bits per heavy atom. The summed E-state index contributed by atoms with van der Waals surface area (Å²) in [5.41, 5.74) is 6.49. The fraction of sp³-hybridized carbons (Fsp3) is 0.393. The normalized spacial score (nSPS) is 15.5. The number of carbonyl (C=O) groups is 1. The smallest absolute Gasteiger partial charge is 0.229 e. The molecule has 0 unspecified atom stereocenters. The van der Waals surface area contributed by atoms with Gasteiger partial charge in [-0.05, 0) is 77.5 Å². The van der Waals surface area contributed by atoms with Gasteiger partial charge in [0.2, 0.25) is 5.91 Å². The summed E-state index contributed by atoms with van der Waals surface area (Å²) in [4.78, 5) is 23.0. The molecule has 3 aromatic rings. The second-order valence-corrected chi connectivity index (χ2v) is 10.6. The molecule has 0 bridgehead atoms. The largest absolute Gasteiger partial charge is 0.309 e. The molecule has 2 aromatic carbocycles. The van der Waals surface area contributed by atoms with Crippen LogP contribution in [0.15, 0.2) is 48.5 Å². The molecule has 2 aliphatic rings. The van der Waals surface area contributed by atoms with Crippen LogP contribution in [0.5, 0.6) is 0 Å². The molecule has 170 valence electrons. The standard InChI is InChI=1S/C28H30IN3O/c29-22-14-10-20(11-15-22)18-26(33)32-28-25(16-12-19-6-2-1-3-7-19)30-27-23-9-5-4-8-21(23)13-17-24(27)31-28/h4-5,8-11,14-15,19H,1-3,6-7,12-13,16-18H2,(H,31,32,33). The van der Waals surface area contributed by atoms with Crippen molar-refractivity contribution in [1.82, 2.24) is 9.97 Å². The van der Waals surface area contributed by atoms with Crippen LogP contribution < -0.4 is 5.32 Å². The second-order valence-electron chi connectivity index (χ2n) is 9.37. The second kappa shape index (κ2) is 10.3. The molecule has 5 rings (SSSR count). The molecule has 0 saturated heterocycles. The van der Waals surface area contributed by atoms with Gasteiger partial charge in [0.25, 0.3) is 0 Å². The molecule has 1 aromatic heterocycles. The number of rotatable bonds is 6. The topological polar surface area (TPSA) is 54.9 Å². The van der Waals surface area contributed by atoms with E-state index in [0.717, 1.165) is 54.2 Å². The monoisotopic (exact) mass is 551 g/mol. The molecule has 4 nitrogen and oxygen atoms in total. The van der Waals surface area contributed by atoms with Crippen LogP contribution in [0.2, 0.25) is 0 Å². The molecule has 1 amide bonds. The molecule has 1 fully saturated rings. The van der Waals surface area contributed by atoms with Crippen LogP contribution in [0.25, 0.3) is 11.3 Å². The summed E-state index contributed by atoms with van der Waals surface area (Å²) in [6, 6.07) is 16.6. The van der Waals surface area contributed by atoms with Crippen molar-refractivity contribution >= 4 is 34.3 Å². The molecule has 5 heteroatoms. The van der Waals surface area contributed by atoms with E-state index < -0.39 is 0 Å². The van der Waals surface area contributed by atoms with E-state index in [-0.39, 0.29) is 5.91 Å². The fourth-order valence-electron chi connectivity index (χ4n) is 5.17. The number of fused-ring (bicyclic) bond motifs is 3. The van der Waals surface area contributed by atoms with Crippen molar-refractivity contribution in [1.29, 1.82) is 0 Å². The first-order valence-electron chi connectivity index (χ1n) is 12.2. The number of carbonyl (C=O) groups excluding carboxylic acids is 1. The zero-order valence-corrected chi connectivity index (χ0v) is 21.1. The van der Waals surface area contributed by atoms with Crippen LogP contribution in [-0.2, 0) is 30.5 Å². The third kappa shape index (κ3) is 5.45. The van der Waals surface area contributed by atoms with E-state index in [1.54, 1.807) is 0 Å². The number of hydrogen-bond acceptors (Lipinski definition) is 3. The highest BCUT2D eigenvalue weighted by Gasteiger charge is 2.23. The Kier molecular flexibility index (Phi) is 7.04. The highest BCUT2D eigenvalue weighted by atomic mass is 127. The molecule has 0 atom stereocenters. The van der Waals surface area contributed by atoms with Crippen molar-refractivity contribution in [2.75, 3.05) is 5.32 Å². The molecule has 0 radical (unpaired) electrons. The lowest BCUT2D eigenvalue weighted by Crippen LogP contribution is -2.20. The predicted octanol–water partition coefficient (Wildman–Crippen LogP) is 6.54. The summed E-state index contributed by atoms with van der Waals surface area (Å²) < 4.78 is 1.17. The molecule has 1 N–H and O–H groups in total. The summed E-state index contributed by atoms with van der Waals surface area (Å²) >= 11 is 2.28. The Balaban J connectivity index is 1.41. The maximum atomic E-state index is 12.9. The van der Waals surface area contributed by atoms with Crippen LogP contribution in [0, 0.1) is 9.49 Å². The number of amides is 1. The minimum Gasteiger partial charge on any atom is -0.309 e. The zero-order chi connectivity index (χ0) is 22.6. The number of halogens is 1. The first-order chi connectivity index (χ1) is 16.2. The van der Waals surface area contributed by atoms with Crippen LogP contribution in [0.1, 0.15) is 61.0 Å². The van der Waals surface area contributed by atoms with E-state index in [4.69, 9.17) is 9.97 Å². The van der Waals surface area contributed by atoms with Crippen LogP contribution in [0.3, 0.4) is 0 Å². The van der Waals surface area contributed by atoms with Crippen molar-refractivity contribution < 1.29 is 4.79 Å². The Hall–Kier alpha value is -2.28. The van der Waals surface area contributed by atoms with Gasteiger partial charge in [0, 0.05) is 9.13 Å². The van der Waals surface area contributed by atoms with Gasteiger partial charge in [-0.2, -0.15) is 0 Å². The summed E-state index contributed by atoms with van der Waals surface area (Å²) in [6.45, 7) is 0. The van der Waals surface area contributed by atoms with Gasteiger partial charge < -0.3 is 5.32 Å². The van der Waals surface area contributed by atoms with Crippen LogP contribution >= 0.6 is 22.6 Å². The van der Waals surface area contributed by atoms with Crippen LogP contribution in [-0.4, -0.2) is 15.9 Å². The van der Waals surface area contributed by atoms with E-state index in [2.05, 4.69) is 52.2 Å². The number of aromatic nitrogens is 2. The molecule has 2 aliphatic carbocycles. The van der Waals surface area contributed by atoms with E-state index in [0.29, 0.717) is 12.2 Å². The average Bonchev–Trinajstić information content (AvgIpc) is 2.84. The molecule has 1 heterocycles. The predicted molar refractivity (Wildman–Crippen MR) is 141 cm³/mol. The van der Waals surface area contributed by atoms with Gasteiger partial charge >= 0.3 is 0 Å². The fourth-order valence-corrected chi connectivity index (χ4v) is 5.53. The molecule has 0 aliphatic heterocycles. The van der Waals surface area contributed by atoms with Gasteiger partial charge in [-0.1, -0.05) is 68.5 Å². The van der Waals surface area contributed by atoms with E-state index in [1.165, 1.54) is 46.8 Å². The lowest BCUT2D eigenvalue weighted by molar-refractivity contribution is -0.115. The SMILES string of the molecule is O=C(Cc1ccc(I)cc1)Nc1nc2c(nc1CCC1CCCCC1)-c1ccccc1CC2. The lowest BCUT2D eigenvalue weighted by atomic mass is 9.85. The number of anilines is 1. The molecular formula is C28H30IN3O. The summed E-state index contributed by atoms with van der Waals surface area (Å²) in [7, 11) is 0. The third-order valence-corrected chi connectivity index (χ3v) is 7.71. The number of nitrogens with zero attached hydrogens (tertiary/aromatic N) is 2. The highest BCUT2D eigenvalue weighted by molar-refractivity contribution is 14.1. The van der Waals surface area contributed by atoms with Gasteiger partial charge in [0.15, 0.2) is 5.82 Å². The van der Waals surface area contributed by atoms with Gasteiger partial charge in [0.1, 0.15) is 0 Å². The first kappa shape index (κ1) is 22.5. The number of nitrogens with one attached hydrogen (secondary N) is 1. The minimum atomic E-state index is -0.0272. The Bertz CT molecular complexity index is 1140. The lowest BCUT2D eigenvalue weighted by Gasteiger charge is -2.23. The maximum Gasteiger partial charge on any atom is 0.229 e. The quantitative estimate of drug-likeness (QED) is 0.354. The van der Waals surface area contributed by atoms with Crippen molar-refractivity contribution in [3.63, 3.8) is 0 Å². The van der Waals surface area contributed by atoms with Crippen molar-refractivity contribution in [3.8, 4) is 11.3 Å². The summed E-state index contributed by atoms with van der Waals surface area (Å²) in [5.74, 6) is 1.40. The zero-order valence-electron chi connectivity index (χ0n) is 18.9. The molecule has 0 spiro atoms. The maximum absolute atomic E-state index is 12.9. The number of benzene rings is 2. The molecule has 33 heavy (non-hydrogen) atoms. The van der Waals surface area contributed by atoms with Gasteiger partial charge in [-0.3, -0.25) is 4.79 Å². The summed E-state index contributed by atoms with van der Waals surface area (Å²) in [6.07, 6.45) is 10.8. The van der Waals surface area contributed by atoms with E-state index in [9.17, 15) is 4.79 Å². The average molecular weight is 551 g/mol. The third-order valence-electron chi connectivity index (χ3n) is 6.99. The first-order valence-corrected chi connectivity index (χ1v) is 13.3. The molecule has 1 saturated carbocycles. The van der Waals surface area contributed by atoms with Gasteiger partial charge in [-0.15, -0.1) is 0 Å². The van der Waals surface area contributed by atoms with Crippen LogP contribution in [0.4, 0.5) is 5.82 Å². The minimum absolute atomic E-state index is 0.0272. The van der Waals surface area contributed by atoms with Crippen molar-refractivity contribution in [2.24, 2.45) is 5.92 Å². The van der Waals surface area contributed by atoms with E-state index in [1.807, 2.05) is 24.3 Å². The Labute approximate surface area is 209 Å². The number of hydrogen-bond donors (Lipinski definition) is 1. The van der Waals surface area contributed by atoms with Crippen molar-refractivity contribution in [2.45, 2.75) is 64.2 Å².